The van der Waals surface area contributed by atoms with E-state index in [-0.39, 0.29) is 45.1 Å². The maximum atomic E-state index is 9.49. The summed E-state index contributed by atoms with van der Waals surface area (Å²) in [7, 11) is -1.86. The van der Waals surface area contributed by atoms with Crippen molar-refractivity contribution in [1.82, 2.24) is 0 Å². The monoisotopic (exact) mass is 349 g/mol. The zero-order valence-corrected chi connectivity index (χ0v) is 17.6. The molecule has 0 aliphatic carbocycles. The molecule has 0 heterocycles. The van der Waals surface area contributed by atoms with Crippen molar-refractivity contribution >= 4 is 48.4 Å². The number of unbranched alkanes of at least 4 members (excludes halogenated alkanes) is 5. The van der Waals surface area contributed by atoms with Crippen molar-refractivity contribution in [2.24, 2.45) is 0 Å². The Morgan fingerprint density at radius 3 is 1.56 bits per heavy atom. The van der Waals surface area contributed by atoms with Gasteiger partial charge in [0.2, 0.25) is 0 Å². The molecule has 0 fully saturated rings. The molecule has 18 heavy (non-hydrogen) atoms. The summed E-state index contributed by atoms with van der Waals surface area (Å²) in [4.78, 5) is 9.49. The van der Waals surface area contributed by atoms with Crippen LogP contribution in [0, 0.1) is 6.92 Å². The summed E-state index contributed by atoms with van der Waals surface area (Å²) in [5.74, 6) is 0. The third kappa shape index (κ3) is 19.8. The number of hydrogen-bond donors (Lipinski definition) is 1. The quantitative estimate of drug-likeness (QED) is 0.402. The van der Waals surface area contributed by atoms with E-state index in [1.165, 1.54) is 32.1 Å². The van der Waals surface area contributed by atoms with Crippen molar-refractivity contribution in [1.29, 1.82) is 0 Å². The number of rotatable bonds is 5. The Labute approximate surface area is 144 Å². The normalized spacial score (nSPS) is 10.7. The molecule has 0 saturated heterocycles. The van der Waals surface area contributed by atoms with Gasteiger partial charge in [0.15, 0.2) is 8.32 Å². The van der Waals surface area contributed by atoms with Crippen LogP contribution in [0.1, 0.15) is 66.2 Å². The van der Waals surface area contributed by atoms with Gasteiger partial charge in [0.05, 0.1) is 0 Å². The van der Waals surface area contributed by atoms with E-state index in [1.807, 2.05) is 13.1 Å². The topological polar surface area (TPSA) is 20.2 Å². The van der Waals surface area contributed by atoms with Gasteiger partial charge < -0.3 is 11.7 Å². The molecular weight excluding hydrogens is 316 g/mol. The van der Waals surface area contributed by atoms with Gasteiger partial charge in [-0.2, -0.15) is 6.42 Å². The Morgan fingerprint density at radius 2 is 1.33 bits per heavy atom. The second-order valence-corrected chi connectivity index (χ2v) is 10.7. The third-order valence-electron chi connectivity index (χ3n) is 3.19. The Bertz CT molecular complexity index is 135. The summed E-state index contributed by atoms with van der Waals surface area (Å²) >= 11 is 0. The molecule has 1 nitrogen and oxygen atoms in total. The van der Waals surface area contributed by atoms with Crippen LogP contribution < -0.4 is 0 Å². The first-order valence-electron chi connectivity index (χ1n) is 6.68. The molecule has 0 amide bonds. The van der Waals surface area contributed by atoms with Crippen LogP contribution in [0.3, 0.4) is 0 Å². The van der Waals surface area contributed by atoms with Crippen LogP contribution in [0.5, 0.6) is 0 Å². The van der Waals surface area contributed by atoms with Crippen LogP contribution in [0.25, 0.3) is 0 Å². The molecule has 108 valence electrons. The predicted molar refractivity (Wildman–Crippen MR) is 94.2 cm³/mol. The van der Waals surface area contributed by atoms with Crippen molar-refractivity contribution in [3.05, 3.63) is 6.92 Å². The van der Waals surface area contributed by atoms with Gasteiger partial charge in [0.25, 0.3) is 0 Å². The Balaban J connectivity index is -0.0000000980. The first-order chi connectivity index (χ1) is 7.16. The maximum absolute atomic E-state index is 9.49. The van der Waals surface area contributed by atoms with Gasteiger partial charge in [0, 0.05) is 0 Å². The molecule has 0 unspecified atom stereocenters. The zero-order chi connectivity index (χ0) is 13.2. The molecule has 0 aromatic carbocycles. The summed E-state index contributed by atoms with van der Waals surface area (Å²) in [6.07, 6.45) is 7.98. The fourth-order valence-corrected chi connectivity index (χ4v) is 0.780. The molecule has 1 N–H and O–H groups in total. The van der Waals surface area contributed by atoms with E-state index >= 15 is 0 Å². The van der Waals surface area contributed by atoms with Gasteiger partial charge in [-0.15, -0.1) is 17.0 Å². The molecule has 0 aliphatic rings. The summed E-state index contributed by atoms with van der Waals surface area (Å²) in [6, 6.07) is 0. The van der Waals surface area contributed by atoms with E-state index in [2.05, 4.69) is 34.6 Å². The van der Waals surface area contributed by atoms with E-state index < -0.39 is 8.32 Å². The van der Waals surface area contributed by atoms with Gasteiger partial charge in [-0.1, -0.05) is 59.8 Å². The molecule has 0 atom stereocenters. The van der Waals surface area contributed by atoms with Crippen LogP contribution in [-0.2, 0) is 0 Å². The molecule has 0 bridgehead atoms. The van der Waals surface area contributed by atoms with Crippen LogP contribution in [0.2, 0.25) is 18.1 Å². The maximum Gasteiger partial charge on any atom is 2.00 e. The third-order valence-corrected chi connectivity index (χ3v) is 6.86. The molecule has 0 radical (unpaired) electrons. The van der Waals surface area contributed by atoms with E-state index in [0.717, 1.165) is 6.42 Å². The second-order valence-electron chi connectivity index (χ2n) is 6.08. The first kappa shape index (κ1) is 27.7. The fourth-order valence-electron chi connectivity index (χ4n) is 0.780. The van der Waals surface area contributed by atoms with Gasteiger partial charge in [-0.25, -0.2) is 0 Å². The molecule has 0 saturated carbocycles. The summed E-state index contributed by atoms with van der Waals surface area (Å²) in [6.45, 7) is 16.2. The van der Waals surface area contributed by atoms with Crippen molar-refractivity contribution in [2.45, 2.75) is 84.4 Å². The van der Waals surface area contributed by atoms with E-state index in [4.69, 9.17) is 0 Å². The average molecular weight is 351 g/mol. The van der Waals surface area contributed by atoms with Gasteiger partial charge >= 0.3 is 23.1 Å². The average Bonchev–Trinajstić information content (AvgIpc) is 2.10. The minimum Gasteiger partial charge on any atom is -0.432 e. The predicted octanol–water partition coefficient (Wildman–Crippen LogP) is 5.36. The van der Waals surface area contributed by atoms with Crippen LogP contribution in [-0.4, -0.2) is 36.2 Å². The Morgan fingerprint density at radius 1 is 1.00 bits per heavy atom. The smallest absolute Gasteiger partial charge is 0.432 e. The Kier molecular flexibility index (Phi) is 22.8. The Hall–Kier alpha value is 1.42. The number of halogens is 1. The zero-order valence-electron chi connectivity index (χ0n) is 13.5. The van der Waals surface area contributed by atoms with Crippen LogP contribution >= 0.6 is 17.0 Å². The summed E-state index contributed by atoms with van der Waals surface area (Å²) in [5.41, 5.74) is 0. The SMILES string of the molecule is Br.CC(C)(C)[Si](C)(C)O.[CH2-]CCCCCCC.[Mg+2]. The first-order valence-corrected chi connectivity index (χ1v) is 9.63. The molecule has 0 rings (SSSR count). The second kappa shape index (κ2) is 14.8. The molecule has 0 aromatic rings. The summed E-state index contributed by atoms with van der Waals surface area (Å²) in [5, 5.41) is 0.132. The van der Waals surface area contributed by atoms with E-state index in [1.54, 1.807) is 0 Å². The van der Waals surface area contributed by atoms with Crippen molar-refractivity contribution < 1.29 is 4.80 Å². The van der Waals surface area contributed by atoms with Gasteiger partial charge in [0.1, 0.15) is 0 Å². The largest absolute Gasteiger partial charge is 2.00 e. The van der Waals surface area contributed by atoms with E-state index in [9.17, 15) is 4.80 Å². The van der Waals surface area contributed by atoms with Crippen LogP contribution in [0.15, 0.2) is 0 Å². The van der Waals surface area contributed by atoms with Gasteiger partial charge in [-0.05, 0) is 18.1 Å². The van der Waals surface area contributed by atoms with Crippen molar-refractivity contribution in [2.75, 3.05) is 0 Å². The molecule has 4 heteroatoms. The minimum absolute atomic E-state index is 0. The summed E-state index contributed by atoms with van der Waals surface area (Å²) < 4.78 is 0. The fraction of sp³-hybridized carbons (Fsp3) is 0.929. The van der Waals surface area contributed by atoms with Crippen molar-refractivity contribution in [3.63, 3.8) is 0 Å². The standard InChI is InChI=1S/C8H17.C6H16OSi.BrH.Mg/c1-3-5-7-8-6-4-2;1-6(2,3)8(4,5)7;;/h1,3-8H2,2H3;7H,1-5H3;1H;/q-1;;;+2. The van der Waals surface area contributed by atoms with E-state index in [0.29, 0.717) is 0 Å². The minimum atomic E-state index is -1.86. The molecular formula is C14H34BrMgOSi+. The van der Waals surface area contributed by atoms with Crippen molar-refractivity contribution in [3.8, 4) is 0 Å². The number of hydrogen-bond acceptors (Lipinski definition) is 1. The van der Waals surface area contributed by atoms with Crippen LogP contribution in [0.4, 0.5) is 0 Å². The van der Waals surface area contributed by atoms with Gasteiger partial charge in [-0.3, -0.25) is 0 Å². The molecule has 0 aromatic heterocycles. The molecule has 0 aliphatic heterocycles. The molecule has 0 spiro atoms.